The Morgan fingerprint density at radius 3 is 1.73 bits per heavy atom. The maximum absolute atomic E-state index is 2.42. The van der Waals surface area contributed by atoms with Crippen molar-refractivity contribution in [2.24, 2.45) is 0 Å². The van der Waals surface area contributed by atoms with Gasteiger partial charge in [-0.3, -0.25) is 0 Å². The van der Waals surface area contributed by atoms with Crippen molar-refractivity contribution in [2.75, 3.05) is 18.0 Å². The molecular weight excluding hydrogens is 400 g/mol. The van der Waals surface area contributed by atoms with Crippen molar-refractivity contribution in [3.63, 3.8) is 0 Å². The fourth-order valence-corrected chi connectivity index (χ4v) is 5.41. The molecule has 6 aromatic carbocycles. The molecule has 1 aliphatic heterocycles. The Labute approximate surface area is 192 Å². The first-order chi connectivity index (χ1) is 16.4. The Hall–Kier alpha value is -4.17. The lowest BCUT2D eigenvalue weighted by atomic mass is 10.00. The van der Waals surface area contributed by atoms with Crippen LogP contribution in [-0.4, -0.2) is 24.0 Å². The van der Waals surface area contributed by atoms with Gasteiger partial charge in [0.05, 0.1) is 0 Å². The number of fused-ring (bicyclic) bond motifs is 6. The van der Waals surface area contributed by atoms with Crippen LogP contribution < -0.4 is 4.90 Å². The summed E-state index contributed by atoms with van der Waals surface area (Å²) in [5, 5.41) is 10.4. The molecule has 0 N–H and O–H groups in total. The Kier molecular flexibility index (Phi) is 4.00. The fraction of sp³-hybridized carbons (Fsp3) is 0.0645. The van der Waals surface area contributed by atoms with Gasteiger partial charge in [0.1, 0.15) is 24.5 Å². The number of rotatable bonds is 2. The van der Waals surface area contributed by atoms with Crippen LogP contribution >= 0.6 is 0 Å². The standard InChI is InChI=1S/C31H23N2/c1-3-11-24-22(9-1)19-30(28-15-7-5-13-26(24)28)32-17-18-33(21-32)31-20-23-10-2-4-12-25(23)27-14-6-8-16-29(27)31/h1-16,19-21H,17-18H2/q+1. The Bertz CT molecular complexity index is 1730. The van der Waals surface area contributed by atoms with Crippen molar-refractivity contribution < 1.29 is 4.58 Å². The van der Waals surface area contributed by atoms with Gasteiger partial charge in [0, 0.05) is 10.8 Å². The van der Waals surface area contributed by atoms with E-state index in [1.807, 2.05) is 0 Å². The van der Waals surface area contributed by atoms with Crippen molar-refractivity contribution in [3.05, 3.63) is 109 Å². The second-order valence-corrected chi connectivity index (χ2v) is 8.83. The third kappa shape index (κ3) is 2.84. The highest BCUT2D eigenvalue weighted by Crippen LogP contribution is 2.37. The SMILES string of the molecule is C1=[N+](c2cc3ccccc3c3ccccc23)CCN1c1cc2ccccc2c2ccccc12. The van der Waals surface area contributed by atoms with Crippen LogP contribution in [-0.2, 0) is 0 Å². The minimum absolute atomic E-state index is 0.962. The van der Waals surface area contributed by atoms with E-state index >= 15 is 0 Å². The predicted molar refractivity (Wildman–Crippen MR) is 141 cm³/mol. The highest BCUT2D eigenvalue weighted by Gasteiger charge is 2.26. The summed E-state index contributed by atoms with van der Waals surface area (Å²) in [4.78, 5) is 2.42. The normalized spacial score (nSPS) is 13.9. The molecule has 0 saturated carbocycles. The van der Waals surface area contributed by atoms with Gasteiger partial charge in [0.15, 0.2) is 0 Å². The van der Waals surface area contributed by atoms with Crippen LogP contribution in [0.4, 0.5) is 11.4 Å². The van der Waals surface area contributed by atoms with Crippen molar-refractivity contribution in [2.45, 2.75) is 0 Å². The number of anilines is 1. The molecule has 0 aliphatic carbocycles. The van der Waals surface area contributed by atoms with Gasteiger partial charge in [-0.25, -0.2) is 9.48 Å². The zero-order chi connectivity index (χ0) is 21.8. The summed E-state index contributed by atoms with van der Waals surface area (Å²) in [7, 11) is 0. The summed E-state index contributed by atoms with van der Waals surface area (Å²) in [6.07, 6.45) is 2.30. The smallest absolute Gasteiger partial charge is 0.229 e. The van der Waals surface area contributed by atoms with E-state index in [1.54, 1.807) is 0 Å². The van der Waals surface area contributed by atoms with E-state index in [2.05, 4.69) is 125 Å². The largest absolute Gasteiger partial charge is 0.244 e. The molecule has 2 nitrogen and oxygen atoms in total. The molecule has 33 heavy (non-hydrogen) atoms. The average Bonchev–Trinajstić information content (AvgIpc) is 3.38. The molecule has 0 fully saturated rings. The molecule has 0 spiro atoms. The number of benzene rings is 6. The van der Waals surface area contributed by atoms with E-state index in [9.17, 15) is 0 Å². The fourth-order valence-electron chi connectivity index (χ4n) is 5.41. The lowest BCUT2D eigenvalue weighted by molar-refractivity contribution is -0.422. The zero-order valence-electron chi connectivity index (χ0n) is 18.3. The molecule has 0 atom stereocenters. The molecular formula is C31H23N2+. The van der Waals surface area contributed by atoms with Gasteiger partial charge in [0.2, 0.25) is 6.34 Å². The van der Waals surface area contributed by atoms with Crippen molar-refractivity contribution >= 4 is 60.8 Å². The summed E-state index contributed by atoms with van der Waals surface area (Å²) in [5.41, 5.74) is 2.55. The number of hydrogen-bond acceptors (Lipinski definition) is 1. The van der Waals surface area contributed by atoms with Gasteiger partial charge in [-0.05, 0) is 44.5 Å². The van der Waals surface area contributed by atoms with Crippen LogP contribution in [0.3, 0.4) is 0 Å². The molecule has 0 aromatic heterocycles. The molecule has 0 unspecified atom stereocenters. The van der Waals surface area contributed by atoms with Gasteiger partial charge >= 0.3 is 0 Å². The van der Waals surface area contributed by atoms with E-state index in [4.69, 9.17) is 0 Å². The van der Waals surface area contributed by atoms with Crippen molar-refractivity contribution in [3.8, 4) is 0 Å². The molecule has 0 saturated heterocycles. The maximum atomic E-state index is 2.42. The van der Waals surface area contributed by atoms with Gasteiger partial charge in [-0.2, -0.15) is 0 Å². The quantitative estimate of drug-likeness (QED) is 0.206. The number of nitrogens with zero attached hydrogens (tertiary/aromatic N) is 2. The van der Waals surface area contributed by atoms with Crippen LogP contribution in [0.2, 0.25) is 0 Å². The molecule has 0 amide bonds. The molecule has 1 heterocycles. The third-order valence-electron chi connectivity index (χ3n) is 6.97. The first-order valence-corrected chi connectivity index (χ1v) is 11.6. The van der Waals surface area contributed by atoms with Gasteiger partial charge in [0.25, 0.3) is 0 Å². The summed E-state index contributed by atoms with van der Waals surface area (Å²) < 4.78 is 2.42. The van der Waals surface area contributed by atoms with E-state index in [0.29, 0.717) is 0 Å². The van der Waals surface area contributed by atoms with E-state index in [0.717, 1.165) is 13.1 Å². The minimum atomic E-state index is 0.962. The van der Waals surface area contributed by atoms with Crippen molar-refractivity contribution in [1.82, 2.24) is 0 Å². The van der Waals surface area contributed by atoms with Gasteiger partial charge in [-0.1, -0.05) is 97.1 Å². The Balaban J connectivity index is 1.43. The second kappa shape index (κ2) is 7.18. The Morgan fingerprint density at radius 1 is 0.515 bits per heavy atom. The molecule has 1 aliphatic rings. The van der Waals surface area contributed by atoms with Crippen LogP contribution in [0.5, 0.6) is 0 Å². The highest BCUT2D eigenvalue weighted by atomic mass is 15.3. The zero-order valence-corrected chi connectivity index (χ0v) is 18.3. The lowest BCUT2D eigenvalue weighted by Crippen LogP contribution is -2.18. The van der Waals surface area contributed by atoms with Crippen LogP contribution in [0.1, 0.15) is 0 Å². The molecule has 6 aromatic rings. The maximum Gasteiger partial charge on any atom is 0.244 e. The van der Waals surface area contributed by atoms with Crippen LogP contribution in [0.25, 0.3) is 43.1 Å². The lowest BCUT2D eigenvalue weighted by Gasteiger charge is -2.12. The molecule has 2 heteroatoms. The summed E-state index contributed by atoms with van der Waals surface area (Å²) in [5.74, 6) is 0. The van der Waals surface area contributed by atoms with E-state index in [-0.39, 0.29) is 0 Å². The first kappa shape index (κ1) is 18.4. The van der Waals surface area contributed by atoms with Crippen molar-refractivity contribution in [1.29, 1.82) is 0 Å². The monoisotopic (exact) mass is 423 g/mol. The average molecular weight is 424 g/mol. The summed E-state index contributed by atoms with van der Waals surface area (Å²) in [6.45, 7) is 1.92. The summed E-state index contributed by atoms with van der Waals surface area (Å²) in [6, 6.07) is 39.6. The Morgan fingerprint density at radius 2 is 1.03 bits per heavy atom. The molecule has 156 valence electrons. The van der Waals surface area contributed by atoms with Gasteiger partial charge < -0.3 is 0 Å². The van der Waals surface area contributed by atoms with E-state index < -0.39 is 0 Å². The minimum Gasteiger partial charge on any atom is -0.229 e. The second-order valence-electron chi connectivity index (χ2n) is 8.83. The predicted octanol–water partition coefficient (Wildman–Crippen LogP) is 7.49. The molecule has 0 bridgehead atoms. The van der Waals surface area contributed by atoms with Crippen LogP contribution in [0, 0.1) is 0 Å². The third-order valence-corrected chi connectivity index (χ3v) is 6.97. The topological polar surface area (TPSA) is 6.25 Å². The first-order valence-electron chi connectivity index (χ1n) is 11.6. The van der Waals surface area contributed by atoms with Crippen LogP contribution in [0.15, 0.2) is 109 Å². The molecule has 0 radical (unpaired) electrons. The molecule has 7 rings (SSSR count). The van der Waals surface area contributed by atoms with E-state index in [1.165, 1.54) is 54.5 Å². The highest BCUT2D eigenvalue weighted by molar-refractivity contribution is 6.15. The number of hydrogen-bond donors (Lipinski definition) is 0. The summed E-state index contributed by atoms with van der Waals surface area (Å²) >= 11 is 0. The van der Waals surface area contributed by atoms with Gasteiger partial charge in [-0.15, -0.1) is 0 Å².